The fourth-order valence-electron chi connectivity index (χ4n) is 4.77. The predicted octanol–water partition coefficient (Wildman–Crippen LogP) is 2.88. The van der Waals surface area contributed by atoms with Gasteiger partial charge in [0.25, 0.3) is 0 Å². The van der Waals surface area contributed by atoms with Gasteiger partial charge in [-0.2, -0.15) is 0 Å². The zero-order valence-electron chi connectivity index (χ0n) is 12.8. The molecular formula is C18H23ClN2O. The Balaban J connectivity index is 0.00000125. The van der Waals surface area contributed by atoms with E-state index in [1.807, 2.05) is 0 Å². The highest BCUT2D eigenvalue weighted by Gasteiger charge is 2.61. The smallest absolute Gasteiger partial charge is 0.230 e. The van der Waals surface area contributed by atoms with Crippen LogP contribution in [0.2, 0.25) is 0 Å². The standard InChI is InChI=1S/C18H22N2O.ClH/c21-16(14-11-17(14)7-9-19-10-8-17)20-12-18(5-6-18)13-3-1-2-4-15(13)20;/h1-4,14,19H,5-12H2;1H. The number of hydrogen-bond donors (Lipinski definition) is 1. The Morgan fingerprint density at radius 1 is 1.14 bits per heavy atom. The van der Waals surface area contributed by atoms with Gasteiger partial charge in [0.05, 0.1) is 0 Å². The summed E-state index contributed by atoms with van der Waals surface area (Å²) in [5, 5.41) is 3.42. The van der Waals surface area contributed by atoms with Crippen molar-refractivity contribution in [3.8, 4) is 0 Å². The van der Waals surface area contributed by atoms with E-state index < -0.39 is 0 Å². The van der Waals surface area contributed by atoms with Crippen LogP contribution in [0.4, 0.5) is 5.69 Å². The number of nitrogens with zero attached hydrogens (tertiary/aromatic N) is 1. The summed E-state index contributed by atoms with van der Waals surface area (Å²) in [6.07, 6.45) is 6.01. The Morgan fingerprint density at radius 2 is 1.86 bits per heavy atom. The van der Waals surface area contributed by atoms with Crippen molar-refractivity contribution in [3.63, 3.8) is 0 Å². The topological polar surface area (TPSA) is 32.3 Å². The molecule has 2 aliphatic heterocycles. The monoisotopic (exact) mass is 318 g/mol. The quantitative estimate of drug-likeness (QED) is 0.863. The van der Waals surface area contributed by atoms with Gasteiger partial charge in [0.1, 0.15) is 0 Å². The molecule has 2 spiro atoms. The molecule has 1 amide bonds. The van der Waals surface area contributed by atoms with Gasteiger partial charge in [0.15, 0.2) is 0 Å². The maximum absolute atomic E-state index is 13.1. The summed E-state index contributed by atoms with van der Waals surface area (Å²) in [5.41, 5.74) is 3.30. The summed E-state index contributed by atoms with van der Waals surface area (Å²) < 4.78 is 0. The largest absolute Gasteiger partial charge is 0.317 e. The van der Waals surface area contributed by atoms with Gasteiger partial charge in [-0.1, -0.05) is 18.2 Å². The lowest BCUT2D eigenvalue weighted by Gasteiger charge is -2.25. The maximum atomic E-state index is 13.1. The maximum Gasteiger partial charge on any atom is 0.230 e. The van der Waals surface area contributed by atoms with Crippen LogP contribution in [-0.4, -0.2) is 25.5 Å². The highest BCUT2D eigenvalue weighted by atomic mass is 35.5. The number of para-hydroxylation sites is 1. The molecule has 3 fully saturated rings. The second-order valence-electron chi connectivity index (χ2n) is 7.59. The lowest BCUT2D eigenvalue weighted by atomic mass is 9.91. The molecule has 118 valence electrons. The van der Waals surface area contributed by atoms with E-state index in [-0.39, 0.29) is 12.4 Å². The van der Waals surface area contributed by atoms with Crippen LogP contribution in [0.3, 0.4) is 0 Å². The first-order valence-corrected chi connectivity index (χ1v) is 8.36. The van der Waals surface area contributed by atoms with Crippen LogP contribution in [0.5, 0.6) is 0 Å². The Kier molecular flexibility index (Phi) is 3.11. The SMILES string of the molecule is Cl.O=C(C1CC12CCNCC2)N1CC2(CC2)c2ccccc21. The summed E-state index contributed by atoms with van der Waals surface area (Å²) in [6, 6.07) is 8.59. The van der Waals surface area contributed by atoms with E-state index in [0.29, 0.717) is 22.7 Å². The number of anilines is 1. The Hall–Kier alpha value is -1.06. The molecule has 0 bridgehead atoms. The molecule has 3 nitrogen and oxygen atoms in total. The van der Waals surface area contributed by atoms with E-state index in [4.69, 9.17) is 0 Å². The molecule has 1 unspecified atom stereocenters. The first kappa shape index (κ1) is 14.5. The van der Waals surface area contributed by atoms with Crippen molar-refractivity contribution in [1.29, 1.82) is 0 Å². The summed E-state index contributed by atoms with van der Waals surface area (Å²) in [4.78, 5) is 15.2. The second kappa shape index (κ2) is 4.72. The molecule has 2 saturated carbocycles. The first-order chi connectivity index (χ1) is 10.2. The van der Waals surface area contributed by atoms with Gasteiger partial charge in [0.2, 0.25) is 5.91 Å². The third kappa shape index (κ3) is 1.88. The van der Waals surface area contributed by atoms with Crippen molar-refractivity contribution >= 4 is 24.0 Å². The number of hydrogen-bond acceptors (Lipinski definition) is 2. The van der Waals surface area contributed by atoms with Gasteiger partial charge in [-0.25, -0.2) is 0 Å². The molecule has 4 aliphatic rings. The molecule has 4 heteroatoms. The summed E-state index contributed by atoms with van der Waals surface area (Å²) in [5.74, 6) is 0.703. The number of rotatable bonds is 1. The van der Waals surface area contributed by atoms with E-state index in [1.165, 1.54) is 36.9 Å². The summed E-state index contributed by atoms with van der Waals surface area (Å²) >= 11 is 0. The van der Waals surface area contributed by atoms with E-state index >= 15 is 0 Å². The number of benzene rings is 1. The minimum absolute atomic E-state index is 0. The van der Waals surface area contributed by atoms with Crippen LogP contribution in [0.25, 0.3) is 0 Å². The molecule has 1 atom stereocenters. The number of carbonyl (C=O) groups excluding carboxylic acids is 1. The van der Waals surface area contributed by atoms with Crippen LogP contribution in [0.1, 0.15) is 37.7 Å². The Bertz CT molecular complexity index is 619. The first-order valence-electron chi connectivity index (χ1n) is 8.36. The minimum atomic E-state index is 0. The molecule has 1 saturated heterocycles. The number of carbonyl (C=O) groups is 1. The molecule has 2 aliphatic carbocycles. The minimum Gasteiger partial charge on any atom is -0.317 e. The molecule has 2 heterocycles. The number of amides is 1. The van der Waals surface area contributed by atoms with Crippen molar-refractivity contribution < 1.29 is 4.79 Å². The highest BCUT2D eigenvalue weighted by molar-refractivity contribution is 6.00. The van der Waals surface area contributed by atoms with Crippen molar-refractivity contribution in [1.82, 2.24) is 5.32 Å². The molecule has 5 rings (SSSR count). The number of nitrogens with one attached hydrogen (secondary N) is 1. The number of fused-ring (bicyclic) bond motifs is 2. The molecule has 1 aromatic rings. The zero-order chi connectivity index (χ0) is 14.1. The van der Waals surface area contributed by atoms with Crippen molar-refractivity contribution in [2.75, 3.05) is 24.5 Å². The molecule has 1 aromatic carbocycles. The third-order valence-corrected chi connectivity index (χ3v) is 6.43. The normalized spacial score (nSPS) is 29.1. The summed E-state index contributed by atoms with van der Waals surface area (Å²) in [6.45, 7) is 3.12. The number of piperidine rings is 1. The van der Waals surface area contributed by atoms with Crippen molar-refractivity contribution in [2.45, 2.75) is 37.5 Å². The predicted molar refractivity (Wildman–Crippen MR) is 89.6 cm³/mol. The van der Waals surface area contributed by atoms with Gasteiger partial charge in [0, 0.05) is 23.6 Å². The fourth-order valence-corrected chi connectivity index (χ4v) is 4.77. The average Bonchev–Trinajstić information content (AvgIpc) is 3.40. The van der Waals surface area contributed by atoms with Crippen molar-refractivity contribution in [3.05, 3.63) is 29.8 Å². The van der Waals surface area contributed by atoms with E-state index in [1.54, 1.807) is 0 Å². The fraction of sp³-hybridized carbons (Fsp3) is 0.611. The summed E-state index contributed by atoms with van der Waals surface area (Å²) in [7, 11) is 0. The van der Waals surface area contributed by atoms with Crippen LogP contribution in [-0.2, 0) is 10.2 Å². The molecule has 1 N–H and O–H groups in total. The van der Waals surface area contributed by atoms with Gasteiger partial charge < -0.3 is 10.2 Å². The third-order valence-electron chi connectivity index (χ3n) is 6.43. The average molecular weight is 319 g/mol. The van der Waals surface area contributed by atoms with Gasteiger partial charge >= 0.3 is 0 Å². The Labute approximate surface area is 137 Å². The lowest BCUT2D eigenvalue weighted by Crippen LogP contribution is -2.36. The van der Waals surface area contributed by atoms with E-state index in [2.05, 4.69) is 34.5 Å². The van der Waals surface area contributed by atoms with Crippen LogP contribution < -0.4 is 10.2 Å². The molecule has 0 radical (unpaired) electrons. The second-order valence-corrected chi connectivity index (χ2v) is 7.59. The van der Waals surface area contributed by atoms with E-state index in [9.17, 15) is 4.79 Å². The van der Waals surface area contributed by atoms with Crippen LogP contribution in [0, 0.1) is 11.3 Å². The van der Waals surface area contributed by atoms with Crippen molar-refractivity contribution in [2.24, 2.45) is 11.3 Å². The van der Waals surface area contributed by atoms with Crippen LogP contribution >= 0.6 is 12.4 Å². The molecular weight excluding hydrogens is 296 g/mol. The lowest BCUT2D eigenvalue weighted by molar-refractivity contribution is -0.120. The highest BCUT2D eigenvalue weighted by Crippen LogP contribution is 2.62. The Morgan fingerprint density at radius 3 is 2.59 bits per heavy atom. The molecule has 0 aromatic heterocycles. The van der Waals surface area contributed by atoms with Gasteiger partial charge in [-0.15, -0.1) is 12.4 Å². The number of halogens is 1. The zero-order valence-corrected chi connectivity index (χ0v) is 13.6. The van der Waals surface area contributed by atoms with Gasteiger partial charge in [-0.3, -0.25) is 4.79 Å². The van der Waals surface area contributed by atoms with Crippen LogP contribution in [0.15, 0.2) is 24.3 Å². The van der Waals surface area contributed by atoms with Gasteiger partial charge in [-0.05, 0) is 62.2 Å². The van der Waals surface area contributed by atoms with E-state index in [0.717, 1.165) is 26.1 Å². The molecule has 22 heavy (non-hydrogen) atoms.